The van der Waals surface area contributed by atoms with Crippen molar-refractivity contribution in [3.63, 3.8) is 0 Å². The Kier molecular flexibility index (Phi) is 5.03. The molecular formula is C14H17F5N2. The fraction of sp³-hybridized carbons (Fsp3) is 0.571. The van der Waals surface area contributed by atoms with Crippen molar-refractivity contribution in [2.24, 2.45) is 5.92 Å². The zero-order valence-corrected chi connectivity index (χ0v) is 11.7. The monoisotopic (exact) mass is 308 g/mol. The lowest BCUT2D eigenvalue weighted by molar-refractivity contribution is 0.198. The summed E-state index contributed by atoms with van der Waals surface area (Å²) in [6, 6.07) is 0. The van der Waals surface area contributed by atoms with Crippen LogP contribution in [0.3, 0.4) is 0 Å². The molecule has 0 saturated carbocycles. The lowest BCUT2D eigenvalue weighted by Crippen LogP contribution is -2.35. The van der Waals surface area contributed by atoms with E-state index in [4.69, 9.17) is 0 Å². The number of hydrogen-bond acceptors (Lipinski definition) is 2. The summed E-state index contributed by atoms with van der Waals surface area (Å²) in [5, 5.41) is 2.38. The molecule has 2 rings (SSSR count). The van der Waals surface area contributed by atoms with Crippen LogP contribution in [0.25, 0.3) is 0 Å². The lowest BCUT2D eigenvalue weighted by Gasteiger charge is -2.31. The molecule has 1 saturated heterocycles. The van der Waals surface area contributed by atoms with Gasteiger partial charge in [0, 0.05) is 6.54 Å². The summed E-state index contributed by atoms with van der Waals surface area (Å²) in [6.45, 7) is 4.93. The van der Waals surface area contributed by atoms with Gasteiger partial charge in [-0.25, -0.2) is 22.0 Å². The third kappa shape index (κ3) is 3.28. The highest BCUT2D eigenvalue weighted by molar-refractivity contribution is 5.47. The van der Waals surface area contributed by atoms with Gasteiger partial charge in [-0.15, -0.1) is 0 Å². The molecule has 0 bridgehead atoms. The molecule has 0 aromatic heterocycles. The Bertz CT molecular complexity index is 484. The van der Waals surface area contributed by atoms with E-state index in [9.17, 15) is 22.0 Å². The summed E-state index contributed by atoms with van der Waals surface area (Å²) in [5.74, 6) is -9.43. The van der Waals surface area contributed by atoms with E-state index in [1.807, 2.05) is 6.92 Å². The van der Waals surface area contributed by atoms with Gasteiger partial charge < -0.3 is 10.2 Å². The number of halogens is 5. The van der Waals surface area contributed by atoms with E-state index >= 15 is 0 Å². The molecule has 0 spiro atoms. The van der Waals surface area contributed by atoms with Gasteiger partial charge in [-0.05, 0) is 38.4 Å². The molecule has 1 N–H and O–H groups in total. The number of nitrogens with one attached hydrogen (secondary N) is 1. The van der Waals surface area contributed by atoms with Crippen LogP contribution >= 0.6 is 0 Å². The maximum absolute atomic E-state index is 13.5. The smallest absolute Gasteiger partial charge is 0.200 e. The molecule has 7 heteroatoms. The zero-order valence-electron chi connectivity index (χ0n) is 11.7. The number of hydrogen-bond donors (Lipinski definition) is 1. The number of rotatable bonds is 4. The molecule has 1 heterocycles. The Morgan fingerprint density at radius 3 is 1.86 bits per heavy atom. The largest absolute Gasteiger partial charge is 0.380 e. The number of piperidine rings is 1. The summed E-state index contributed by atoms with van der Waals surface area (Å²) in [7, 11) is 0. The van der Waals surface area contributed by atoms with Crippen molar-refractivity contribution < 1.29 is 22.0 Å². The van der Waals surface area contributed by atoms with E-state index < -0.39 is 34.8 Å². The first-order valence-corrected chi connectivity index (χ1v) is 6.93. The molecule has 1 fully saturated rings. The molecule has 0 radical (unpaired) electrons. The van der Waals surface area contributed by atoms with Gasteiger partial charge in [-0.3, -0.25) is 0 Å². The fourth-order valence-corrected chi connectivity index (χ4v) is 2.51. The highest BCUT2D eigenvalue weighted by Crippen LogP contribution is 2.28. The summed E-state index contributed by atoms with van der Waals surface area (Å²) >= 11 is 0. The van der Waals surface area contributed by atoms with Crippen LogP contribution < -0.4 is 5.32 Å². The number of likely N-dealkylation sites (tertiary alicyclic amines) is 1. The van der Waals surface area contributed by atoms with Crippen molar-refractivity contribution in [3.8, 4) is 0 Å². The van der Waals surface area contributed by atoms with Crippen LogP contribution in [0.1, 0.15) is 19.8 Å². The van der Waals surface area contributed by atoms with E-state index in [1.54, 1.807) is 0 Å². The third-order valence-corrected chi connectivity index (χ3v) is 3.93. The second-order valence-electron chi connectivity index (χ2n) is 5.20. The molecular weight excluding hydrogens is 291 g/mol. The Hall–Kier alpha value is -1.37. The summed E-state index contributed by atoms with van der Waals surface area (Å²) in [4.78, 5) is 2.24. The first-order chi connectivity index (χ1) is 9.95. The van der Waals surface area contributed by atoms with E-state index in [0.717, 1.165) is 32.5 Å². The molecule has 1 aromatic carbocycles. The average Bonchev–Trinajstić information content (AvgIpc) is 2.51. The average molecular weight is 308 g/mol. The predicted octanol–water partition coefficient (Wildman–Crippen LogP) is 3.53. The molecule has 1 aliphatic rings. The second kappa shape index (κ2) is 6.60. The fourth-order valence-electron chi connectivity index (χ4n) is 2.51. The van der Waals surface area contributed by atoms with Crippen molar-refractivity contribution in [1.29, 1.82) is 0 Å². The predicted molar refractivity (Wildman–Crippen MR) is 69.6 cm³/mol. The van der Waals surface area contributed by atoms with Crippen molar-refractivity contribution in [2.75, 3.05) is 31.5 Å². The van der Waals surface area contributed by atoms with E-state index in [0.29, 0.717) is 0 Å². The summed E-state index contributed by atoms with van der Waals surface area (Å²) < 4.78 is 66.0. The van der Waals surface area contributed by atoms with Crippen LogP contribution in [0, 0.1) is 35.0 Å². The van der Waals surface area contributed by atoms with Gasteiger partial charge in [0.15, 0.2) is 23.3 Å². The van der Waals surface area contributed by atoms with Gasteiger partial charge in [0.05, 0.1) is 0 Å². The Morgan fingerprint density at radius 2 is 1.38 bits per heavy atom. The minimum atomic E-state index is -2.13. The quantitative estimate of drug-likeness (QED) is 0.520. The van der Waals surface area contributed by atoms with Crippen molar-refractivity contribution in [2.45, 2.75) is 19.8 Å². The zero-order chi connectivity index (χ0) is 15.6. The first-order valence-electron chi connectivity index (χ1n) is 6.93. The Labute approximate surface area is 119 Å². The van der Waals surface area contributed by atoms with Crippen LogP contribution in [0.15, 0.2) is 0 Å². The van der Waals surface area contributed by atoms with E-state index in [2.05, 4.69) is 10.2 Å². The Balaban J connectivity index is 2.04. The van der Waals surface area contributed by atoms with Gasteiger partial charge in [0.25, 0.3) is 0 Å². The molecule has 1 aliphatic heterocycles. The lowest BCUT2D eigenvalue weighted by atomic mass is 9.96. The van der Waals surface area contributed by atoms with Gasteiger partial charge in [-0.2, -0.15) is 0 Å². The Morgan fingerprint density at radius 1 is 0.905 bits per heavy atom. The second-order valence-corrected chi connectivity index (χ2v) is 5.20. The van der Waals surface area contributed by atoms with Crippen molar-refractivity contribution >= 4 is 5.69 Å². The van der Waals surface area contributed by atoms with Gasteiger partial charge in [0.2, 0.25) is 5.82 Å². The standard InChI is InChI=1S/C14H17F5N2/c1-2-21-5-3-8(4-6-21)7-20-14-12(18)10(16)9(15)11(17)13(14)19/h8,20H,2-7H2,1H3. The SMILES string of the molecule is CCN1CCC(CNc2c(F)c(F)c(F)c(F)c2F)CC1. The third-order valence-electron chi connectivity index (χ3n) is 3.93. The molecule has 2 nitrogen and oxygen atoms in total. The summed E-state index contributed by atoms with van der Waals surface area (Å²) in [6.07, 6.45) is 1.66. The normalized spacial score (nSPS) is 17.2. The highest BCUT2D eigenvalue weighted by Gasteiger charge is 2.26. The molecule has 118 valence electrons. The minimum Gasteiger partial charge on any atom is -0.380 e. The molecule has 0 amide bonds. The maximum Gasteiger partial charge on any atom is 0.200 e. The molecule has 0 unspecified atom stereocenters. The maximum atomic E-state index is 13.5. The molecule has 0 atom stereocenters. The molecule has 1 aromatic rings. The summed E-state index contributed by atoms with van der Waals surface area (Å²) in [5.41, 5.74) is -0.940. The molecule has 21 heavy (non-hydrogen) atoms. The van der Waals surface area contributed by atoms with Crippen LogP contribution in [-0.2, 0) is 0 Å². The number of benzene rings is 1. The van der Waals surface area contributed by atoms with Crippen LogP contribution in [-0.4, -0.2) is 31.1 Å². The first kappa shape index (κ1) is 16.0. The van der Waals surface area contributed by atoms with Crippen LogP contribution in [0.4, 0.5) is 27.6 Å². The van der Waals surface area contributed by atoms with Crippen LogP contribution in [0.2, 0.25) is 0 Å². The highest BCUT2D eigenvalue weighted by atomic mass is 19.2. The van der Waals surface area contributed by atoms with Crippen LogP contribution in [0.5, 0.6) is 0 Å². The number of anilines is 1. The topological polar surface area (TPSA) is 15.3 Å². The van der Waals surface area contributed by atoms with E-state index in [1.165, 1.54) is 0 Å². The van der Waals surface area contributed by atoms with Gasteiger partial charge >= 0.3 is 0 Å². The number of nitrogens with zero attached hydrogens (tertiary/aromatic N) is 1. The van der Waals surface area contributed by atoms with Crippen molar-refractivity contribution in [3.05, 3.63) is 29.1 Å². The van der Waals surface area contributed by atoms with Gasteiger partial charge in [-0.1, -0.05) is 6.92 Å². The van der Waals surface area contributed by atoms with Gasteiger partial charge in [0.1, 0.15) is 5.69 Å². The molecule has 0 aliphatic carbocycles. The van der Waals surface area contributed by atoms with E-state index in [-0.39, 0.29) is 12.5 Å². The minimum absolute atomic E-state index is 0.155. The van der Waals surface area contributed by atoms with Crippen molar-refractivity contribution in [1.82, 2.24) is 4.90 Å².